The Labute approximate surface area is 176 Å². The highest BCUT2D eigenvalue weighted by Crippen LogP contribution is 2.35. The molecule has 0 bridgehead atoms. The molecule has 0 unspecified atom stereocenters. The Morgan fingerprint density at radius 1 is 0.933 bits per heavy atom. The summed E-state index contributed by atoms with van der Waals surface area (Å²) in [5.74, 6) is -0.969. The molecule has 2 aromatic carbocycles. The van der Waals surface area contributed by atoms with Crippen molar-refractivity contribution in [2.24, 2.45) is 11.8 Å². The molecule has 4 rings (SSSR count). The van der Waals surface area contributed by atoms with Crippen LogP contribution in [0, 0.1) is 18.8 Å². The number of carbonyl (C=O) groups is 3. The summed E-state index contributed by atoms with van der Waals surface area (Å²) >= 11 is 0. The Hall–Kier alpha value is -3.21. The number of aryl methyl sites for hydroxylation is 1. The van der Waals surface area contributed by atoms with Crippen molar-refractivity contribution in [3.63, 3.8) is 0 Å². The smallest absolute Gasteiger partial charge is 0.233 e. The summed E-state index contributed by atoms with van der Waals surface area (Å²) in [6, 6.07) is 17.6. The second-order valence-corrected chi connectivity index (χ2v) is 8.06. The molecule has 2 aliphatic rings. The van der Waals surface area contributed by atoms with E-state index in [9.17, 15) is 14.4 Å². The molecule has 154 valence electrons. The van der Waals surface area contributed by atoms with Crippen LogP contribution in [-0.4, -0.2) is 29.2 Å². The number of allylic oxidation sites excluding steroid dienone is 2. The number of nitrogens with one attached hydrogen (secondary N) is 1. The van der Waals surface area contributed by atoms with E-state index in [0.29, 0.717) is 12.8 Å². The first-order valence-corrected chi connectivity index (χ1v) is 10.5. The van der Waals surface area contributed by atoms with Gasteiger partial charge in [0, 0.05) is 13.0 Å². The second kappa shape index (κ2) is 8.66. The number of hydrogen-bond acceptors (Lipinski definition) is 3. The molecule has 1 saturated heterocycles. The molecular weight excluding hydrogens is 376 g/mol. The zero-order valence-electron chi connectivity index (χ0n) is 17.1. The van der Waals surface area contributed by atoms with Gasteiger partial charge < -0.3 is 5.32 Å². The number of carbonyl (C=O) groups excluding carboxylic acids is 3. The quantitative estimate of drug-likeness (QED) is 0.594. The van der Waals surface area contributed by atoms with Crippen LogP contribution >= 0.6 is 0 Å². The third kappa shape index (κ3) is 4.06. The fourth-order valence-electron chi connectivity index (χ4n) is 4.30. The van der Waals surface area contributed by atoms with Crippen molar-refractivity contribution >= 4 is 17.7 Å². The van der Waals surface area contributed by atoms with Gasteiger partial charge in [0.15, 0.2) is 0 Å². The summed E-state index contributed by atoms with van der Waals surface area (Å²) in [5.41, 5.74) is 3.13. The number of rotatable bonds is 6. The Morgan fingerprint density at radius 2 is 1.50 bits per heavy atom. The molecule has 1 fully saturated rings. The lowest BCUT2D eigenvalue weighted by molar-refractivity contribution is -0.140. The van der Waals surface area contributed by atoms with Crippen LogP contribution in [0.2, 0.25) is 0 Å². The first-order valence-electron chi connectivity index (χ1n) is 10.5. The van der Waals surface area contributed by atoms with Crippen molar-refractivity contribution in [1.82, 2.24) is 10.2 Å². The van der Waals surface area contributed by atoms with Crippen LogP contribution in [0.1, 0.15) is 42.0 Å². The highest BCUT2D eigenvalue weighted by atomic mass is 16.2. The minimum absolute atomic E-state index is 0.0968. The maximum absolute atomic E-state index is 12.8. The van der Waals surface area contributed by atoms with Gasteiger partial charge in [0.2, 0.25) is 17.7 Å². The van der Waals surface area contributed by atoms with E-state index in [0.717, 1.165) is 16.7 Å². The van der Waals surface area contributed by atoms with Gasteiger partial charge in [-0.2, -0.15) is 0 Å². The summed E-state index contributed by atoms with van der Waals surface area (Å²) < 4.78 is 0. The molecule has 3 amide bonds. The SMILES string of the molecule is Cc1ccc([C@@H](NC(=O)CCN2C(=O)[C@H]3CC=CC[C@H]3C2=O)c2ccccc2)cc1. The van der Waals surface area contributed by atoms with E-state index in [4.69, 9.17) is 0 Å². The van der Waals surface area contributed by atoms with Crippen LogP contribution < -0.4 is 5.32 Å². The topological polar surface area (TPSA) is 66.5 Å². The molecule has 0 saturated carbocycles. The van der Waals surface area contributed by atoms with Crippen LogP contribution in [0.3, 0.4) is 0 Å². The summed E-state index contributed by atoms with van der Waals surface area (Å²) in [5, 5.41) is 3.08. The lowest BCUT2D eigenvalue weighted by atomic mass is 9.85. The van der Waals surface area contributed by atoms with Crippen molar-refractivity contribution in [3.8, 4) is 0 Å². The molecular formula is C25H26N2O3. The minimum Gasteiger partial charge on any atom is -0.345 e. The monoisotopic (exact) mass is 402 g/mol. The van der Waals surface area contributed by atoms with E-state index in [2.05, 4.69) is 5.32 Å². The minimum atomic E-state index is -0.281. The standard InChI is InChI=1S/C25H26N2O3/c1-17-11-13-19(14-12-17)23(18-7-3-2-4-8-18)26-22(28)15-16-27-24(29)20-9-5-6-10-21(20)25(27)30/h2-8,11-14,20-21,23H,9-10,15-16H2,1H3,(H,26,28)/t20-,21+,23-/m0/s1. The van der Waals surface area contributed by atoms with Gasteiger partial charge in [-0.3, -0.25) is 19.3 Å². The van der Waals surface area contributed by atoms with E-state index in [1.807, 2.05) is 73.7 Å². The van der Waals surface area contributed by atoms with Gasteiger partial charge in [-0.15, -0.1) is 0 Å². The maximum Gasteiger partial charge on any atom is 0.233 e. The zero-order valence-corrected chi connectivity index (χ0v) is 17.1. The molecule has 3 atom stereocenters. The summed E-state index contributed by atoms with van der Waals surface area (Å²) in [7, 11) is 0. The molecule has 5 nitrogen and oxygen atoms in total. The van der Waals surface area contributed by atoms with Crippen molar-refractivity contribution in [1.29, 1.82) is 0 Å². The number of amides is 3. The number of fused-ring (bicyclic) bond motifs is 1. The number of hydrogen-bond donors (Lipinski definition) is 1. The first kappa shape index (κ1) is 20.1. The Morgan fingerprint density at radius 3 is 2.10 bits per heavy atom. The van der Waals surface area contributed by atoms with Gasteiger partial charge >= 0.3 is 0 Å². The third-order valence-corrected chi connectivity index (χ3v) is 6.01. The first-order chi connectivity index (χ1) is 14.5. The van der Waals surface area contributed by atoms with Crippen LogP contribution in [0.25, 0.3) is 0 Å². The average molecular weight is 402 g/mol. The van der Waals surface area contributed by atoms with Gasteiger partial charge in [-0.05, 0) is 30.9 Å². The van der Waals surface area contributed by atoms with Crippen molar-refractivity contribution in [2.75, 3.05) is 6.54 Å². The van der Waals surface area contributed by atoms with Crippen molar-refractivity contribution in [3.05, 3.63) is 83.4 Å². The van der Waals surface area contributed by atoms with E-state index in [1.54, 1.807) is 0 Å². The molecule has 5 heteroatoms. The Kier molecular flexibility index (Phi) is 5.79. The van der Waals surface area contributed by atoms with Gasteiger partial charge in [-0.25, -0.2) is 0 Å². The van der Waals surface area contributed by atoms with Crippen LogP contribution in [-0.2, 0) is 14.4 Å². The predicted molar refractivity (Wildman–Crippen MR) is 114 cm³/mol. The number of likely N-dealkylation sites (tertiary alicyclic amines) is 1. The normalized spacial score (nSPS) is 21.4. The number of benzene rings is 2. The number of imide groups is 1. The van der Waals surface area contributed by atoms with Crippen LogP contribution in [0.5, 0.6) is 0 Å². The molecule has 0 radical (unpaired) electrons. The Balaban J connectivity index is 1.44. The van der Waals surface area contributed by atoms with Gasteiger partial charge in [0.05, 0.1) is 17.9 Å². The molecule has 0 spiro atoms. The molecule has 1 aliphatic carbocycles. The van der Waals surface area contributed by atoms with E-state index < -0.39 is 0 Å². The number of nitrogens with zero attached hydrogens (tertiary/aromatic N) is 1. The van der Waals surface area contributed by atoms with Crippen molar-refractivity contribution < 1.29 is 14.4 Å². The lowest BCUT2D eigenvalue weighted by Crippen LogP contribution is -2.36. The van der Waals surface area contributed by atoms with Gasteiger partial charge in [0.25, 0.3) is 0 Å². The fraction of sp³-hybridized carbons (Fsp3) is 0.320. The Bertz CT molecular complexity index is 940. The van der Waals surface area contributed by atoms with Crippen LogP contribution in [0.4, 0.5) is 0 Å². The van der Waals surface area contributed by atoms with E-state index in [1.165, 1.54) is 4.90 Å². The molecule has 1 aliphatic heterocycles. The lowest BCUT2D eigenvalue weighted by Gasteiger charge is -2.21. The predicted octanol–water partition coefficient (Wildman–Crippen LogP) is 3.54. The summed E-state index contributed by atoms with van der Waals surface area (Å²) in [6.45, 7) is 2.16. The maximum atomic E-state index is 12.8. The fourth-order valence-corrected chi connectivity index (χ4v) is 4.30. The third-order valence-electron chi connectivity index (χ3n) is 6.01. The highest BCUT2D eigenvalue weighted by Gasteiger charge is 2.46. The second-order valence-electron chi connectivity index (χ2n) is 8.06. The average Bonchev–Trinajstić information content (AvgIpc) is 3.02. The largest absolute Gasteiger partial charge is 0.345 e. The highest BCUT2D eigenvalue weighted by molar-refractivity contribution is 6.05. The van der Waals surface area contributed by atoms with Gasteiger partial charge in [-0.1, -0.05) is 72.3 Å². The zero-order chi connectivity index (χ0) is 21.1. The molecule has 0 aromatic heterocycles. The molecule has 30 heavy (non-hydrogen) atoms. The molecule has 1 N–H and O–H groups in total. The van der Waals surface area contributed by atoms with E-state index >= 15 is 0 Å². The van der Waals surface area contributed by atoms with E-state index in [-0.39, 0.29) is 48.6 Å². The molecule has 1 heterocycles. The molecule has 2 aromatic rings. The summed E-state index contributed by atoms with van der Waals surface area (Å²) in [4.78, 5) is 39.3. The van der Waals surface area contributed by atoms with Crippen LogP contribution in [0.15, 0.2) is 66.7 Å². The van der Waals surface area contributed by atoms with Crippen molar-refractivity contribution in [2.45, 2.75) is 32.2 Å². The van der Waals surface area contributed by atoms with Gasteiger partial charge in [0.1, 0.15) is 0 Å². The summed E-state index contributed by atoms with van der Waals surface area (Å²) in [6.07, 6.45) is 5.26.